The van der Waals surface area contributed by atoms with Crippen molar-refractivity contribution >= 4 is 27.5 Å². The first-order valence-electron chi connectivity index (χ1n) is 5.54. The fourth-order valence-corrected chi connectivity index (χ4v) is 3.09. The minimum absolute atomic E-state index is 0.312. The Morgan fingerprint density at radius 3 is 2.25 bits per heavy atom. The van der Waals surface area contributed by atoms with E-state index in [1.54, 1.807) is 24.3 Å². The van der Waals surface area contributed by atoms with E-state index in [0.29, 0.717) is 11.8 Å². The van der Waals surface area contributed by atoms with Crippen molar-refractivity contribution in [1.82, 2.24) is 0 Å². The van der Waals surface area contributed by atoms with E-state index in [1.165, 1.54) is 11.8 Å². The summed E-state index contributed by atoms with van der Waals surface area (Å²) in [6.07, 6.45) is 1.90. The molecule has 0 unspecified atom stereocenters. The van der Waals surface area contributed by atoms with Crippen molar-refractivity contribution in [3.8, 4) is 0 Å². The fourth-order valence-electron chi connectivity index (χ4n) is 1.56. The number of anilines is 1. The summed E-state index contributed by atoms with van der Waals surface area (Å²) in [6, 6.07) is 8.95. The third kappa shape index (κ3) is 3.29. The van der Waals surface area contributed by atoms with Crippen molar-refractivity contribution in [3.05, 3.63) is 54.1 Å². The highest BCUT2D eigenvalue weighted by Crippen LogP contribution is 2.22. The molecule has 2 aromatic carbocycles. The second kappa shape index (κ2) is 5.80. The number of sulfonamides is 1. The first-order valence-corrected chi connectivity index (χ1v) is 8.25. The molecule has 0 saturated carbocycles. The first kappa shape index (κ1) is 14.8. The van der Waals surface area contributed by atoms with Gasteiger partial charge >= 0.3 is 0 Å². The Morgan fingerprint density at radius 2 is 1.70 bits per heavy atom. The van der Waals surface area contributed by atoms with E-state index >= 15 is 0 Å². The molecule has 0 bridgehead atoms. The van der Waals surface area contributed by atoms with E-state index in [9.17, 15) is 17.2 Å². The Balaban J connectivity index is 2.30. The predicted octanol–water partition coefficient (Wildman–Crippen LogP) is 3.49. The molecule has 7 heteroatoms. The maximum absolute atomic E-state index is 13.5. The average Bonchev–Trinajstić information content (AvgIpc) is 2.38. The highest BCUT2D eigenvalue weighted by Gasteiger charge is 2.19. The van der Waals surface area contributed by atoms with E-state index in [4.69, 9.17) is 0 Å². The Bertz CT molecular complexity index is 716. The van der Waals surface area contributed by atoms with E-state index in [-0.39, 0.29) is 0 Å². The molecule has 2 aromatic rings. The average molecular weight is 315 g/mol. The predicted molar refractivity (Wildman–Crippen MR) is 75.4 cm³/mol. The standard InChI is InChI=1S/C13H11F2NO2S2/c1-19-11-5-3-10(4-6-11)16-20(17,18)13-7-2-9(14)8-12(13)15/h2-8,16H,1H3. The van der Waals surface area contributed by atoms with Crippen LogP contribution in [0, 0.1) is 11.6 Å². The lowest BCUT2D eigenvalue weighted by Gasteiger charge is -2.09. The van der Waals surface area contributed by atoms with Crippen LogP contribution < -0.4 is 4.72 Å². The van der Waals surface area contributed by atoms with Crippen LogP contribution in [0.25, 0.3) is 0 Å². The van der Waals surface area contributed by atoms with Crippen LogP contribution >= 0.6 is 11.8 Å². The molecule has 20 heavy (non-hydrogen) atoms. The van der Waals surface area contributed by atoms with Crippen LogP contribution in [0.2, 0.25) is 0 Å². The van der Waals surface area contributed by atoms with E-state index in [2.05, 4.69) is 4.72 Å². The molecule has 1 N–H and O–H groups in total. The molecule has 0 radical (unpaired) electrons. The van der Waals surface area contributed by atoms with Crippen molar-refractivity contribution in [1.29, 1.82) is 0 Å². The number of rotatable bonds is 4. The lowest BCUT2D eigenvalue weighted by molar-refractivity contribution is 0.551. The van der Waals surface area contributed by atoms with Crippen molar-refractivity contribution in [2.24, 2.45) is 0 Å². The summed E-state index contributed by atoms with van der Waals surface area (Å²) in [7, 11) is -4.08. The number of hydrogen-bond donors (Lipinski definition) is 1. The van der Waals surface area contributed by atoms with Crippen molar-refractivity contribution in [3.63, 3.8) is 0 Å². The summed E-state index contributed by atoms with van der Waals surface area (Å²) in [5, 5.41) is 0. The molecule has 0 fully saturated rings. The molecule has 0 spiro atoms. The second-order valence-electron chi connectivity index (χ2n) is 3.91. The van der Waals surface area contributed by atoms with Crippen LogP contribution in [-0.4, -0.2) is 14.7 Å². The van der Waals surface area contributed by atoms with Crippen molar-refractivity contribution in [2.45, 2.75) is 9.79 Å². The number of halogens is 2. The fraction of sp³-hybridized carbons (Fsp3) is 0.0769. The monoisotopic (exact) mass is 315 g/mol. The Morgan fingerprint density at radius 1 is 1.05 bits per heavy atom. The summed E-state index contributed by atoms with van der Waals surface area (Å²) in [5.41, 5.74) is 0.312. The van der Waals surface area contributed by atoms with Crippen molar-refractivity contribution < 1.29 is 17.2 Å². The van der Waals surface area contributed by atoms with Gasteiger partial charge in [-0.2, -0.15) is 0 Å². The molecule has 0 aliphatic carbocycles. The summed E-state index contributed by atoms with van der Waals surface area (Å²) < 4.78 is 52.6. The first-order chi connectivity index (χ1) is 9.42. The molecule has 0 atom stereocenters. The third-order valence-electron chi connectivity index (χ3n) is 2.53. The molecule has 2 rings (SSSR count). The quantitative estimate of drug-likeness (QED) is 0.879. The van der Waals surface area contributed by atoms with E-state index in [0.717, 1.165) is 17.0 Å². The largest absolute Gasteiger partial charge is 0.280 e. The normalized spacial score (nSPS) is 11.3. The van der Waals surface area contributed by atoms with Gasteiger partial charge < -0.3 is 0 Å². The molecule has 0 saturated heterocycles. The highest BCUT2D eigenvalue weighted by molar-refractivity contribution is 7.98. The number of nitrogens with one attached hydrogen (secondary N) is 1. The molecular formula is C13H11F2NO2S2. The van der Waals surface area contributed by atoms with E-state index in [1.807, 2.05) is 6.26 Å². The Kier molecular flexibility index (Phi) is 4.29. The van der Waals surface area contributed by atoms with Crippen LogP contribution in [0.15, 0.2) is 52.3 Å². The van der Waals surface area contributed by atoms with Gasteiger partial charge in [0.15, 0.2) is 0 Å². The van der Waals surface area contributed by atoms with Gasteiger partial charge in [-0.3, -0.25) is 4.72 Å². The van der Waals surface area contributed by atoms with Crippen LogP contribution in [0.3, 0.4) is 0 Å². The van der Waals surface area contributed by atoms with Gasteiger partial charge in [0.1, 0.15) is 16.5 Å². The maximum Gasteiger partial charge on any atom is 0.264 e. The SMILES string of the molecule is CSc1ccc(NS(=O)(=O)c2ccc(F)cc2F)cc1. The summed E-state index contributed by atoms with van der Waals surface area (Å²) in [6.45, 7) is 0. The molecule has 106 valence electrons. The van der Waals surface area contributed by atoms with Gasteiger partial charge in [0.05, 0.1) is 0 Å². The van der Waals surface area contributed by atoms with Gasteiger partial charge in [-0.1, -0.05) is 0 Å². The summed E-state index contributed by atoms with van der Waals surface area (Å²) in [5.74, 6) is -1.95. The Labute approximate surface area is 120 Å². The molecule has 0 aliphatic rings. The minimum atomic E-state index is -4.08. The molecule has 0 aromatic heterocycles. The van der Waals surface area contributed by atoms with Crippen molar-refractivity contribution in [2.75, 3.05) is 11.0 Å². The van der Waals surface area contributed by atoms with Gasteiger partial charge in [0.2, 0.25) is 0 Å². The summed E-state index contributed by atoms with van der Waals surface area (Å²) in [4.78, 5) is 0.383. The number of thioether (sulfide) groups is 1. The van der Waals surface area contributed by atoms with Gasteiger partial charge in [0.25, 0.3) is 10.0 Å². The topological polar surface area (TPSA) is 46.2 Å². The zero-order valence-corrected chi connectivity index (χ0v) is 12.1. The Hall–Kier alpha value is -1.60. The van der Waals surface area contributed by atoms with Crippen LogP contribution in [0.5, 0.6) is 0 Å². The minimum Gasteiger partial charge on any atom is -0.280 e. The lowest BCUT2D eigenvalue weighted by Crippen LogP contribution is -2.14. The zero-order valence-electron chi connectivity index (χ0n) is 10.4. The number of benzene rings is 2. The highest BCUT2D eigenvalue weighted by atomic mass is 32.2. The lowest BCUT2D eigenvalue weighted by atomic mass is 10.3. The number of hydrogen-bond acceptors (Lipinski definition) is 3. The smallest absolute Gasteiger partial charge is 0.264 e. The molecule has 0 heterocycles. The van der Waals surface area contributed by atoms with E-state index < -0.39 is 26.6 Å². The molecular weight excluding hydrogens is 304 g/mol. The second-order valence-corrected chi connectivity index (χ2v) is 6.44. The zero-order chi connectivity index (χ0) is 14.8. The van der Waals surface area contributed by atoms with Crippen LogP contribution in [0.1, 0.15) is 0 Å². The molecule has 0 aliphatic heterocycles. The summed E-state index contributed by atoms with van der Waals surface area (Å²) >= 11 is 1.52. The molecule has 3 nitrogen and oxygen atoms in total. The van der Waals surface area contributed by atoms with Crippen LogP contribution in [0.4, 0.5) is 14.5 Å². The third-order valence-corrected chi connectivity index (χ3v) is 4.68. The maximum atomic E-state index is 13.5. The van der Waals surface area contributed by atoms with Gasteiger partial charge in [-0.25, -0.2) is 17.2 Å². The van der Waals surface area contributed by atoms with Gasteiger partial charge in [-0.15, -0.1) is 11.8 Å². The van der Waals surface area contributed by atoms with Gasteiger partial charge in [0, 0.05) is 16.6 Å². The van der Waals surface area contributed by atoms with Crippen LogP contribution in [-0.2, 0) is 10.0 Å². The van der Waals surface area contributed by atoms with Gasteiger partial charge in [-0.05, 0) is 42.7 Å². The molecule has 0 amide bonds.